The van der Waals surface area contributed by atoms with Gasteiger partial charge < -0.3 is 9.64 Å². The fourth-order valence-corrected chi connectivity index (χ4v) is 3.93. The molecule has 0 bridgehead atoms. The van der Waals surface area contributed by atoms with Gasteiger partial charge in [0.15, 0.2) is 0 Å². The first kappa shape index (κ1) is 16.8. The minimum atomic E-state index is -0.442. The van der Waals surface area contributed by atoms with Crippen molar-refractivity contribution in [3.63, 3.8) is 0 Å². The number of likely N-dealkylation sites (tertiary alicyclic amines) is 1. The predicted molar refractivity (Wildman–Crippen MR) is 91.6 cm³/mol. The van der Waals surface area contributed by atoms with Crippen LogP contribution in [0.5, 0.6) is 0 Å². The van der Waals surface area contributed by atoms with Crippen LogP contribution in [0.25, 0.3) is 0 Å². The third kappa shape index (κ3) is 4.71. The molecule has 116 valence electrons. The monoisotopic (exact) mass is 417 g/mol. The molecule has 5 heteroatoms. The molecule has 1 fully saturated rings. The van der Waals surface area contributed by atoms with E-state index in [-0.39, 0.29) is 6.09 Å². The average molecular weight is 419 g/mol. The van der Waals surface area contributed by atoms with E-state index < -0.39 is 5.60 Å². The number of carbonyl (C=O) groups is 1. The Labute approximate surface area is 143 Å². The summed E-state index contributed by atoms with van der Waals surface area (Å²) in [5.74, 6) is 0.355. The molecule has 1 unspecified atom stereocenters. The van der Waals surface area contributed by atoms with E-state index in [0.29, 0.717) is 5.92 Å². The van der Waals surface area contributed by atoms with Gasteiger partial charge in [0, 0.05) is 28.0 Å². The highest BCUT2D eigenvalue weighted by atomic mass is 79.9. The van der Waals surface area contributed by atoms with Crippen LogP contribution in [-0.4, -0.2) is 29.7 Å². The zero-order valence-corrected chi connectivity index (χ0v) is 15.8. The van der Waals surface area contributed by atoms with Crippen LogP contribution in [0, 0.1) is 0 Å². The maximum atomic E-state index is 12.2. The Kier molecular flexibility index (Phi) is 5.36. The second-order valence-electron chi connectivity index (χ2n) is 6.43. The van der Waals surface area contributed by atoms with Crippen LogP contribution in [0.3, 0.4) is 0 Å². The highest BCUT2D eigenvalue weighted by Gasteiger charge is 2.29. The van der Waals surface area contributed by atoms with Crippen molar-refractivity contribution in [2.24, 2.45) is 0 Å². The molecule has 3 nitrogen and oxygen atoms in total. The Morgan fingerprint density at radius 2 is 2.05 bits per heavy atom. The van der Waals surface area contributed by atoms with Crippen molar-refractivity contribution in [2.75, 3.05) is 13.1 Å². The van der Waals surface area contributed by atoms with Crippen molar-refractivity contribution in [2.45, 2.75) is 45.1 Å². The summed E-state index contributed by atoms with van der Waals surface area (Å²) in [5, 5.41) is 0. The van der Waals surface area contributed by atoms with E-state index >= 15 is 0 Å². The lowest BCUT2D eigenvalue weighted by atomic mass is 9.91. The van der Waals surface area contributed by atoms with Crippen LogP contribution in [-0.2, 0) is 4.74 Å². The molecule has 1 amide bonds. The fourth-order valence-electron chi connectivity index (χ4n) is 2.56. The summed E-state index contributed by atoms with van der Waals surface area (Å²) >= 11 is 7.10. The molecule has 0 aliphatic carbocycles. The van der Waals surface area contributed by atoms with Crippen molar-refractivity contribution in [1.82, 2.24) is 4.90 Å². The number of halogens is 2. The van der Waals surface area contributed by atoms with Gasteiger partial charge >= 0.3 is 6.09 Å². The van der Waals surface area contributed by atoms with Gasteiger partial charge in [-0.1, -0.05) is 37.9 Å². The molecule has 21 heavy (non-hydrogen) atoms. The number of nitrogens with zero attached hydrogens (tertiary/aromatic N) is 1. The number of hydrogen-bond acceptors (Lipinski definition) is 2. The lowest BCUT2D eigenvalue weighted by molar-refractivity contribution is 0.0198. The molecule has 1 aliphatic heterocycles. The van der Waals surface area contributed by atoms with E-state index in [9.17, 15) is 4.79 Å². The molecular formula is C16H21Br2NO2. The molecule has 0 radical (unpaired) electrons. The molecular weight excluding hydrogens is 398 g/mol. The van der Waals surface area contributed by atoms with Gasteiger partial charge in [0.05, 0.1) is 0 Å². The standard InChI is InChI=1S/C16H21Br2NO2/c1-16(2,3)21-15(20)19-8-4-5-11(10-19)13-7-6-12(17)9-14(13)18/h6-7,9,11H,4-5,8,10H2,1-3H3. The highest BCUT2D eigenvalue weighted by molar-refractivity contribution is 9.11. The lowest BCUT2D eigenvalue weighted by Gasteiger charge is -2.34. The summed E-state index contributed by atoms with van der Waals surface area (Å²) < 4.78 is 7.62. The Balaban J connectivity index is 2.08. The van der Waals surface area contributed by atoms with E-state index in [1.807, 2.05) is 31.7 Å². The molecule has 1 heterocycles. The summed E-state index contributed by atoms with van der Waals surface area (Å²) in [4.78, 5) is 14.0. The molecule has 1 aliphatic rings. The molecule has 1 atom stereocenters. The van der Waals surface area contributed by atoms with Crippen LogP contribution in [0.1, 0.15) is 45.1 Å². The molecule has 0 N–H and O–H groups in total. The number of benzene rings is 1. The van der Waals surface area contributed by atoms with Crippen LogP contribution in [0.15, 0.2) is 27.1 Å². The van der Waals surface area contributed by atoms with Gasteiger partial charge in [-0.2, -0.15) is 0 Å². The third-order valence-electron chi connectivity index (χ3n) is 3.48. The molecule has 0 aromatic heterocycles. The van der Waals surface area contributed by atoms with Crippen molar-refractivity contribution in [3.8, 4) is 0 Å². The molecule has 2 rings (SSSR count). The topological polar surface area (TPSA) is 29.5 Å². The van der Waals surface area contributed by atoms with E-state index in [4.69, 9.17) is 4.74 Å². The largest absolute Gasteiger partial charge is 0.444 e. The second kappa shape index (κ2) is 6.69. The van der Waals surface area contributed by atoms with E-state index in [2.05, 4.69) is 44.0 Å². The zero-order chi connectivity index (χ0) is 15.6. The summed E-state index contributed by atoms with van der Waals surface area (Å²) in [6, 6.07) is 6.23. The number of amides is 1. The molecule has 0 saturated carbocycles. The van der Waals surface area contributed by atoms with E-state index in [1.54, 1.807) is 0 Å². The maximum Gasteiger partial charge on any atom is 0.410 e. The predicted octanol–water partition coefficient (Wildman–Crippen LogP) is 5.33. The summed E-state index contributed by atoms with van der Waals surface area (Å²) in [7, 11) is 0. The number of hydrogen-bond donors (Lipinski definition) is 0. The second-order valence-corrected chi connectivity index (χ2v) is 8.20. The fraction of sp³-hybridized carbons (Fsp3) is 0.562. The summed E-state index contributed by atoms with van der Waals surface area (Å²) in [5.41, 5.74) is 0.814. The molecule has 1 aromatic carbocycles. The first-order valence-corrected chi connectivity index (χ1v) is 8.78. The minimum Gasteiger partial charge on any atom is -0.444 e. The van der Waals surface area contributed by atoms with Gasteiger partial charge in [-0.15, -0.1) is 0 Å². The van der Waals surface area contributed by atoms with Crippen molar-refractivity contribution in [1.29, 1.82) is 0 Å². The SMILES string of the molecule is CC(C)(C)OC(=O)N1CCCC(c2ccc(Br)cc2Br)C1. The van der Waals surface area contributed by atoms with Crippen LogP contribution in [0.2, 0.25) is 0 Å². The number of ether oxygens (including phenoxy) is 1. The normalized spacial score (nSPS) is 19.5. The van der Waals surface area contributed by atoms with Gasteiger partial charge in [-0.25, -0.2) is 4.79 Å². The van der Waals surface area contributed by atoms with E-state index in [1.165, 1.54) is 5.56 Å². The molecule has 1 aromatic rings. The van der Waals surface area contributed by atoms with Crippen molar-refractivity contribution in [3.05, 3.63) is 32.7 Å². The first-order valence-electron chi connectivity index (χ1n) is 7.19. The summed E-state index contributed by atoms with van der Waals surface area (Å²) in [6.07, 6.45) is 1.90. The van der Waals surface area contributed by atoms with Crippen molar-refractivity contribution >= 4 is 38.0 Å². The Hall–Kier alpha value is -0.550. The van der Waals surface area contributed by atoms with Crippen LogP contribution < -0.4 is 0 Å². The quantitative estimate of drug-likeness (QED) is 0.617. The van der Waals surface area contributed by atoms with Gasteiger partial charge in [0.25, 0.3) is 0 Å². The Bertz CT molecular complexity index is 525. The molecule has 1 saturated heterocycles. The Morgan fingerprint density at radius 3 is 2.67 bits per heavy atom. The van der Waals surface area contributed by atoms with Gasteiger partial charge in [-0.3, -0.25) is 0 Å². The number of carbonyl (C=O) groups excluding carboxylic acids is 1. The smallest absolute Gasteiger partial charge is 0.410 e. The van der Waals surface area contributed by atoms with Crippen molar-refractivity contribution < 1.29 is 9.53 Å². The zero-order valence-electron chi connectivity index (χ0n) is 12.7. The maximum absolute atomic E-state index is 12.2. The third-order valence-corrected chi connectivity index (χ3v) is 4.66. The minimum absolute atomic E-state index is 0.208. The van der Waals surface area contributed by atoms with Crippen LogP contribution in [0.4, 0.5) is 4.79 Å². The molecule has 0 spiro atoms. The van der Waals surface area contributed by atoms with Gasteiger partial charge in [0.1, 0.15) is 5.60 Å². The highest BCUT2D eigenvalue weighted by Crippen LogP contribution is 2.34. The van der Waals surface area contributed by atoms with Crippen LogP contribution >= 0.6 is 31.9 Å². The van der Waals surface area contributed by atoms with Gasteiger partial charge in [-0.05, 0) is 51.3 Å². The first-order chi connectivity index (χ1) is 9.76. The van der Waals surface area contributed by atoms with E-state index in [0.717, 1.165) is 34.9 Å². The average Bonchev–Trinajstić information content (AvgIpc) is 2.37. The van der Waals surface area contributed by atoms with Gasteiger partial charge in [0.2, 0.25) is 0 Å². The lowest BCUT2D eigenvalue weighted by Crippen LogP contribution is -2.42. The summed E-state index contributed by atoms with van der Waals surface area (Å²) in [6.45, 7) is 7.20. The Morgan fingerprint density at radius 1 is 1.33 bits per heavy atom. The number of rotatable bonds is 1. The number of piperidine rings is 1.